The maximum Gasteiger partial charge on any atom is 0.170 e. The molecule has 0 spiro atoms. The highest BCUT2D eigenvalue weighted by Crippen LogP contribution is 2.32. The fourth-order valence-electron chi connectivity index (χ4n) is 2.15. The molecule has 0 amide bonds. The number of aromatic nitrogens is 3. The Balaban J connectivity index is 2.24. The molecule has 20 heavy (non-hydrogen) atoms. The molecule has 4 nitrogen and oxygen atoms in total. The van der Waals surface area contributed by atoms with Crippen LogP contribution >= 0.6 is 15.9 Å². The number of aryl methyl sites for hydroxylation is 1. The Morgan fingerprint density at radius 3 is 2.50 bits per heavy atom. The third-order valence-electron chi connectivity index (χ3n) is 3.13. The van der Waals surface area contributed by atoms with E-state index in [2.05, 4.69) is 26.1 Å². The average Bonchev–Trinajstić information content (AvgIpc) is 2.84. The first-order valence-corrected chi connectivity index (χ1v) is 6.99. The van der Waals surface area contributed by atoms with E-state index in [0.29, 0.717) is 5.69 Å². The summed E-state index contributed by atoms with van der Waals surface area (Å²) in [6.45, 7) is 1.93. The zero-order valence-corrected chi connectivity index (χ0v) is 12.5. The van der Waals surface area contributed by atoms with Gasteiger partial charge in [0.15, 0.2) is 5.82 Å². The zero-order valence-electron chi connectivity index (χ0n) is 10.9. The van der Waals surface area contributed by atoms with Crippen LogP contribution in [0.3, 0.4) is 0 Å². The van der Waals surface area contributed by atoms with Gasteiger partial charge in [0.05, 0.1) is 5.69 Å². The van der Waals surface area contributed by atoms with Crippen LogP contribution in [0.5, 0.6) is 0 Å². The van der Waals surface area contributed by atoms with Crippen LogP contribution in [0.2, 0.25) is 0 Å². The maximum atomic E-state index is 6.14. The smallest absolute Gasteiger partial charge is 0.170 e. The first-order chi connectivity index (χ1) is 9.68. The molecule has 1 heterocycles. The van der Waals surface area contributed by atoms with E-state index in [1.165, 1.54) is 0 Å². The highest BCUT2D eigenvalue weighted by Gasteiger charge is 2.15. The number of hydrogen-bond acceptors (Lipinski definition) is 3. The summed E-state index contributed by atoms with van der Waals surface area (Å²) in [5, 5.41) is 8.46. The van der Waals surface area contributed by atoms with Gasteiger partial charge in [0.1, 0.15) is 5.82 Å². The average molecular weight is 329 g/mol. The van der Waals surface area contributed by atoms with E-state index in [-0.39, 0.29) is 0 Å². The van der Waals surface area contributed by atoms with Crippen LogP contribution in [-0.2, 0) is 0 Å². The highest BCUT2D eigenvalue weighted by atomic mass is 79.9. The van der Waals surface area contributed by atoms with Crippen molar-refractivity contribution in [3.63, 3.8) is 0 Å². The van der Waals surface area contributed by atoms with Gasteiger partial charge in [-0.25, -0.2) is 0 Å². The van der Waals surface area contributed by atoms with Crippen molar-refractivity contribution in [1.82, 2.24) is 14.8 Å². The molecule has 0 bridgehead atoms. The normalized spacial score (nSPS) is 10.7. The van der Waals surface area contributed by atoms with Crippen molar-refractivity contribution in [3.05, 3.63) is 58.8 Å². The van der Waals surface area contributed by atoms with Gasteiger partial charge in [-0.05, 0) is 47.1 Å². The largest absolute Gasteiger partial charge is 0.397 e. The first kappa shape index (κ1) is 12.9. The highest BCUT2D eigenvalue weighted by molar-refractivity contribution is 9.10. The van der Waals surface area contributed by atoms with Gasteiger partial charge in [0.25, 0.3) is 0 Å². The Morgan fingerprint density at radius 1 is 1.00 bits per heavy atom. The van der Waals surface area contributed by atoms with Gasteiger partial charge < -0.3 is 5.73 Å². The Labute approximate surface area is 125 Å². The number of para-hydroxylation sites is 2. The lowest BCUT2D eigenvalue weighted by molar-refractivity contribution is 0.972. The van der Waals surface area contributed by atoms with Gasteiger partial charge in [0, 0.05) is 15.7 Å². The summed E-state index contributed by atoms with van der Waals surface area (Å²) in [6, 6.07) is 15.8. The second kappa shape index (κ2) is 5.09. The van der Waals surface area contributed by atoms with Crippen molar-refractivity contribution in [2.24, 2.45) is 0 Å². The molecule has 3 rings (SSSR count). The van der Waals surface area contributed by atoms with Crippen LogP contribution < -0.4 is 5.73 Å². The lowest BCUT2D eigenvalue weighted by atomic mass is 10.1. The molecule has 0 saturated heterocycles. The number of hydrogen-bond donors (Lipinski definition) is 1. The van der Waals surface area contributed by atoms with Gasteiger partial charge in [0.2, 0.25) is 0 Å². The summed E-state index contributed by atoms with van der Waals surface area (Å²) in [4.78, 5) is 0. The van der Waals surface area contributed by atoms with Gasteiger partial charge in [-0.15, -0.1) is 10.2 Å². The Kier molecular flexibility index (Phi) is 3.28. The molecule has 0 atom stereocenters. The van der Waals surface area contributed by atoms with E-state index < -0.39 is 0 Å². The molecule has 0 unspecified atom stereocenters. The minimum atomic E-state index is 0.664. The summed E-state index contributed by atoms with van der Waals surface area (Å²) in [5.41, 5.74) is 8.69. The molecule has 0 saturated carbocycles. The predicted molar refractivity (Wildman–Crippen MR) is 83.6 cm³/mol. The molecule has 100 valence electrons. The maximum absolute atomic E-state index is 6.14. The van der Waals surface area contributed by atoms with Crippen molar-refractivity contribution in [3.8, 4) is 17.1 Å². The van der Waals surface area contributed by atoms with Crippen molar-refractivity contribution in [1.29, 1.82) is 0 Å². The summed E-state index contributed by atoms with van der Waals surface area (Å²) in [6.07, 6.45) is 0. The van der Waals surface area contributed by atoms with Crippen LogP contribution in [0, 0.1) is 6.92 Å². The van der Waals surface area contributed by atoms with Gasteiger partial charge >= 0.3 is 0 Å². The van der Waals surface area contributed by atoms with Crippen LogP contribution in [0.4, 0.5) is 5.69 Å². The minimum absolute atomic E-state index is 0.664. The summed E-state index contributed by atoms with van der Waals surface area (Å²) >= 11 is 3.45. The summed E-state index contributed by atoms with van der Waals surface area (Å²) in [7, 11) is 0. The summed E-state index contributed by atoms with van der Waals surface area (Å²) < 4.78 is 2.85. The summed E-state index contributed by atoms with van der Waals surface area (Å²) in [5.74, 6) is 1.57. The molecule has 2 aromatic carbocycles. The predicted octanol–water partition coefficient (Wildman–Crippen LogP) is 3.59. The standard InChI is InChI=1S/C15H13BrN4/c1-10-18-19-15(12-8-5-9-13(16)14(12)17)20(10)11-6-3-2-4-7-11/h2-9H,17H2,1H3. The van der Waals surface area contributed by atoms with Crippen molar-refractivity contribution in [2.75, 3.05) is 5.73 Å². The van der Waals surface area contributed by atoms with Crippen molar-refractivity contribution >= 4 is 21.6 Å². The number of nitrogen functional groups attached to an aromatic ring is 1. The van der Waals surface area contributed by atoms with Crippen LogP contribution in [0.25, 0.3) is 17.1 Å². The van der Waals surface area contributed by atoms with E-state index in [4.69, 9.17) is 5.73 Å². The molecular formula is C15H13BrN4. The lowest BCUT2D eigenvalue weighted by Crippen LogP contribution is -2.01. The van der Waals surface area contributed by atoms with Gasteiger partial charge in [-0.1, -0.05) is 24.3 Å². The Bertz CT molecular complexity index is 750. The molecule has 2 N–H and O–H groups in total. The fourth-order valence-corrected chi connectivity index (χ4v) is 2.52. The molecule has 0 aliphatic heterocycles. The molecular weight excluding hydrogens is 316 g/mol. The molecule has 1 aromatic heterocycles. The zero-order chi connectivity index (χ0) is 14.1. The van der Waals surface area contributed by atoms with Crippen molar-refractivity contribution < 1.29 is 0 Å². The van der Waals surface area contributed by atoms with Crippen LogP contribution in [0.15, 0.2) is 53.0 Å². The van der Waals surface area contributed by atoms with Crippen LogP contribution in [-0.4, -0.2) is 14.8 Å². The molecule has 5 heteroatoms. The van der Waals surface area contributed by atoms with E-state index in [1.54, 1.807) is 0 Å². The first-order valence-electron chi connectivity index (χ1n) is 6.20. The monoisotopic (exact) mass is 328 g/mol. The Morgan fingerprint density at radius 2 is 1.75 bits per heavy atom. The molecule has 0 aliphatic carbocycles. The molecule has 0 aliphatic rings. The SMILES string of the molecule is Cc1nnc(-c2cccc(Br)c2N)n1-c1ccccc1. The molecule has 3 aromatic rings. The number of anilines is 1. The number of nitrogens with zero attached hydrogens (tertiary/aromatic N) is 3. The Hall–Kier alpha value is -2.14. The topological polar surface area (TPSA) is 56.7 Å². The third kappa shape index (κ3) is 2.10. The molecule has 0 radical (unpaired) electrons. The van der Waals surface area contributed by atoms with E-state index in [9.17, 15) is 0 Å². The third-order valence-corrected chi connectivity index (χ3v) is 3.82. The second-order valence-electron chi connectivity index (χ2n) is 4.44. The fraction of sp³-hybridized carbons (Fsp3) is 0.0667. The van der Waals surface area contributed by atoms with Crippen molar-refractivity contribution in [2.45, 2.75) is 6.92 Å². The number of benzene rings is 2. The lowest BCUT2D eigenvalue weighted by Gasteiger charge is -2.11. The second-order valence-corrected chi connectivity index (χ2v) is 5.30. The number of nitrogens with two attached hydrogens (primary N) is 1. The molecule has 0 fully saturated rings. The van der Waals surface area contributed by atoms with E-state index in [1.807, 2.05) is 60.0 Å². The van der Waals surface area contributed by atoms with Crippen LogP contribution in [0.1, 0.15) is 5.82 Å². The number of halogens is 1. The van der Waals surface area contributed by atoms with Gasteiger partial charge in [-0.3, -0.25) is 4.57 Å². The van der Waals surface area contributed by atoms with E-state index >= 15 is 0 Å². The minimum Gasteiger partial charge on any atom is -0.397 e. The number of rotatable bonds is 2. The quantitative estimate of drug-likeness (QED) is 0.731. The van der Waals surface area contributed by atoms with E-state index in [0.717, 1.165) is 27.4 Å². The van der Waals surface area contributed by atoms with Gasteiger partial charge in [-0.2, -0.15) is 0 Å².